The number of carbonyl (C=O) groups excluding carboxylic acids is 2. The monoisotopic (exact) mass is 712 g/mol. The Labute approximate surface area is 260 Å². The van der Waals surface area contributed by atoms with Gasteiger partial charge in [0.25, 0.3) is 5.24 Å². The van der Waals surface area contributed by atoms with Crippen LogP contribution >= 0.6 is 66.7 Å². The molecule has 204 valence electrons. The molecule has 0 amide bonds. The van der Waals surface area contributed by atoms with Crippen LogP contribution in [0.2, 0.25) is 10.0 Å². The molecule has 39 heavy (non-hydrogen) atoms. The van der Waals surface area contributed by atoms with Gasteiger partial charge in [0.1, 0.15) is 11.5 Å². The topological polar surface area (TPSA) is 52.6 Å². The highest BCUT2D eigenvalue weighted by atomic mass is 79.9. The van der Waals surface area contributed by atoms with E-state index in [1.807, 2.05) is 44.2 Å². The maximum atomic E-state index is 12.3. The lowest BCUT2D eigenvalue weighted by Crippen LogP contribution is -2.02. The van der Waals surface area contributed by atoms with Crippen molar-refractivity contribution in [1.29, 1.82) is 0 Å². The number of rotatable bonds is 7. The first-order chi connectivity index (χ1) is 18.7. The predicted octanol–water partition coefficient (Wildman–Crippen LogP) is 10.3. The van der Waals surface area contributed by atoms with Crippen molar-refractivity contribution in [2.45, 2.75) is 13.8 Å². The average molecular weight is 716 g/mol. The Morgan fingerprint density at radius 3 is 1.59 bits per heavy atom. The standard InChI is InChI=1S/C15H12BrClO2.C8H10O.C7H3BrCl2O/c1-2-19-12-6-3-10(4-7-12)15(18)13-9-11(16)5-8-14(13)17;1-2-9-8-6-4-3-5-7-8;8-4-1-2-6(9)5(3-4)7(10)11/h3-9H,2H2,1H3;3-7H,2H2,1H3;1-3H. The van der Waals surface area contributed by atoms with E-state index in [0.717, 1.165) is 27.1 Å². The Bertz CT molecular complexity index is 1360. The molecule has 0 spiro atoms. The van der Waals surface area contributed by atoms with Crippen LogP contribution < -0.4 is 9.47 Å². The van der Waals surface area contributed by atoms with Crippen LogP contribution in [0.3, 0.4) is 0 Å². The molecular formula is C30H25Br2Cl3O4. The minimum Gasteiger partial charge on any atom is -0.494 e. The molecule has 0 N–H and O–H groups in total. The molecule has 4 aromatic carbocycles. The molecule has 0 heterocycles. The SMILES string of the molecule is CCOc1ccc(C(=O)c2cc(Br)ccc2Cl)cc1.CCOc1ccccc1.O=C(Cl)c1cc(Br)ccc1Cl. The van der Waals surface area contributed by atoms with Crippen LogP contribution in [0.4, 0.5) is 0 Å². The second kappa shape index (κ2) is 17.4. The van der Waals surface area contributed by atoms with Crippen molar-refractivity contribution < 1.29 is 19.1 Å². The van der Waals surface area contributed by atoms with Crippen LogP contribution in [0, 0.1) is 0 Å². The van der Waals surface area contributed by atoms with Gasteiger partial charge in [-0.25, -0.2) is 0 Å². The highest BCUT2D eigenvalue weighted by molar-refractivity contribution is 9.10. The summed E-state index contributed by atoms with van der Waals surface area (Å²) in [7, 11) is 0. The summed E-state index contributed by atoms with van der Waals surface area (Å²) in [4.78, 5) is 23.0. The van der Waals surface area contributed by atoms with Gasteiger partial charge >= 0.3 is 0 Å². The number of para-hydroxylation sites is 1. The molecule has 0 atom stereocenters. The largest absolute Gasteiger partial charge is 0.494 e. The predicted molar refractivity (Wildman–Crippen MR) is 167 cm³/mol. The maximum absolute atomic E-state index is 12.3. The third-order valence-corrected chi connectivity index (χ3v) is 6.64. The lowest BCUT2D eigenvalue weighted by molar-refractivity contribution is 0.103. The van der Waals surface area contributed by atoms with E-state index in [4.69, 9.17) is 44.3 Å². The number of hydrogen-bond acceptors (Lipinski definition) is 4. The second-order valence-electron chi connectivity index (χ2n) is 7.55. The molecule has 4 nitrogen and oxygen atoms in total. The first kappa shape index (κ1) is 32.9. The maximum Gasteiger partial charge on any atom is 0.253 e. The van der Waals surface area contributed by atoms with Crippen molar-refractivity contribution in [3.05, 3.63) is 127 Å². The minimum atomic E-state index is -0.545. The molecule has 0 fully saturated rings. The number of carbonyl (C=O) groups is 2. The number of hydrogen-bond donors (Lipinski definition) is 0. The molecule has 4 aromatic rings. The lowest BCUT2D eigenvalue weighted by atomic mass is 10.0. The van der Waals surface area contributed by atoms with Crippen LogP contribution in [0.25, 0.3) is 0 Å². The number of halogens is 5. The smallest absolute Gasteiger partial charge is 0.253 e. The van der Waals surface area contributed by atoms with Crippen LogP contribution in [-0.4, -0.2) is 24.2 Å². The minimum absolute atomic E-state index is 0.102. The summed E-state index contributed by atoms with van der Waals surface area (Å²) >= 11 is 23.5. The van der Waals surface area contributed by atoms with E-state index in [2.05, 4.69) is 31.9 Å². The van der Waals surface area contributed by atoms with Gasteiger partial charge in [-0.15, -0.1) is 0 Å². The summed E-state index contributed by atoms with van der Waals surface area (Å²) in [5, 5.41) is 0.270. The molecule has 0 aliphatic carbocycles. The summed E-state index contributed by atoms with van der Waals surface area (Å²) in [6.45, 7) is 5.24. The van der Waals surface area contributed by atoms with Gasteiger partial charge in [-0.1, -0.05) is 73.3 Å². The molecule has 0 bridgehead atoms. The summed E-state index contributed by atoms with van der Waals surface area (Å²) in [6, 6.07) is 27.0. The molecule has 9 heteroatoms. The van der Waals surface area contributed by atoms with Gasteiger partial charge in [-0.2, -0.15) is 0 Å². The lowest BCUT2D eigenvalue weighted by Gasteiger charge is -2.06. The average Bonchev–Trinajstić information content (AvgIpc) is 2.93. The van der Waals surface area contributed by atoms with Gasteiger partial charge in [0.05, 0.1) is 28.8 Å². The van der Waals surface area contributed by atoms with Gasteiger partial charge in [0.2, 0.25) is 0 Å². The third kappa shape index (κ3) is 11.3. The van der Waals surface area contributed by atoms with Crippen LogP contribution in [0.1, 0.15) is 40.1 Å². The fourth-order valence-corrected chi connectivity index (χ4v) is 4.36. The summed E-state index contributed by atoms with van der Waals surface area (Å²) in [6.07, 6.45) is 0. The Balaban J connectivity index is 0.000000226. The van der Waals surface area contributed by atoms with Gasteiger partial charge in [-0.3, -0.25) is 9.59 Å². The molecule has 4 rings (SSSR count). The van der Waals surface area contributed by atoms with Crippen molar-refractivity contribution in [3.8, 4) is 11.5 Å². The molecule has 0 saturated heterocycles. The molecule has 0 radical (unpaired) electrons. The molecule has 0 aliphatic rings. The van der Waals surface area contributed by atoms with E-state index in [9.17, 15) is 9.59 Å². The van der Waals surface area contributed by atoms with Crippen molar-refractivity contribution in [2.24, 2.45) is 0 Å². The van der Waals surface area contributed by atoms with E-state index in [1.54, 1.807) is 60.7 Å². The van der Waals surface area contributed by atoms with Crippen molar-refractivity contribution in [1.82, 2.24) is 0 Å². The van der Waals surface area contributed by atoms with Crippen molar-refractivity contribution >= 4 is 77.7 Å². The molecule has 0 aliphatic heterocycles. The van der Waals surface area contributed by atoms with Crippen molar-refractivity contribution in [3.63, 3.8) is 0 Å². The number of benzene rings is 4. The zero-order valence-corrected chi connectivity index (χ0v) is 26.5. The second-order valence-corrected chi connectivity index (χ2v) is 10.5. The van der Waals surface area contributed by atoms with Crippen LogP contribution in [-0.2, 0) is 0 Å². The fourth-order valence-electron chi connectivity index (χ4n) is 3.03. The van der Waals surface area contributed by atoms with Crippen molar-refractivity contribution in [2.75, 3.05) is 13.2 Å². The van der Waals surface area contributed by atoms with Crippen LogP contribution in [0.5, 0.6) is 11.5 Å². The Morgan fingerprint density at radius 1 is 0.667 bits per heavy atom. The Kier molecular flexibility index (Phi) is 14.6. The quantitative estimate of drug-likeness (QED) is 0.141. The van der Waals surface area contributed by atoms with Crippen LogP contribution in [0.15, 0.2) is 99.9 Å². The molecule has 0 saturated carbocycles. The van der Waals surface area contributed by atoms with Gasteiger partial charge in [0.15, 0.2) is 5.78 Å². The molecular weight excluding hydrogens is 690 g/mol. The molecule has 0 aromatic heterocycles. The third-order valence-electron chi connectivity index (χ3n) is 4.79. The zero-order valence-electron chi connectivity index (χ0n) is 21.1. The Morgan fingerprint density at radius 2 is 1.13 bits per heavy atom. The van der Waals surface area contributed by atoms with E-state index in [0.29, 0.717) is 33.3 Å². The van der Waals surface area contributed by atoms with Gasteiger partial charge in [-0.05, 0) is 98.2 Å². The number of ketones is 1. The highest BCUT2D eigenvalue weighted by Crippen LogP contribution is 2.25. The summed E-state index contributed by atoms with van der Waals surface area (Å²) in [5.41, 5.74) is 1.39. The highest BCUT2D eigenvalue weighted by Gasteiger charge is 2.13. The zero-order chi connectivity index (χ0) is 28.8. The van der Waals surface area contributed by atoms with E-state index >= 15 is 0 Å². The summed E-state index contributed by atoms with van der Waals surface area (Å²) in [5.74, 6) is 1.59. The van der Waals surface area contributed by atoms with Gasteiger partial charge < -0.3 is 9.47 Å². The van der Waals surface area contributed by atoms with E-state index in [-0.39, 0.29) is 5.78 Å². The van der Waals surface area contributed by atoms with E-state index < -0.39 is 5.24 Å². The summed E-state index contributed by atoms with van der Waals surface area (Å²) < 4.78 is 12.2. The number of ether oxygens (including phenoxy) is 2. The molecule has 0 unspecified atom stereocenters. The van der Waals surface area contributed by atoms with E-state index in [1.165, 1.54) is 0 Å². The van der Waals surface area contributed by atoms with Gasteiger partial charge in [0, 0.05) is 20.1 Å². The Hall–Kier alpha value is -2.35. The normalized spacial score (nSPS) is 9.82. The fraction of sp³-hybridized carbons (Fsp3) is 0.133. The first-order valence-corrected chi connectivity index (χ1v) is 14.4. The first-order valence-electron chi connectivity index (χ1n) is 11.7.